The summed E-state index contributed by atoms with van der Waals surface area (Å²) in [6, 6.07) is 1.36. The zero-order chi connectivity index (χ0) is 15.7. The van der Waals surface area contributed by atoms with Crippen molar-refractivity contribution in [2.24, 2.45) is 0 Å². The number of rotatable bonds is 3. The first kappa shape index (κ1) is 16.1. The van der Waals surface area contributed by atoms with E-state index in [-0.39, 0.29) is 5.56 Å². The van der Waals surface area contributed by atoms with E-state index in [2.05, 4.69) is 0 Å². The van der Waals surface area contributed by atoms with Crippen LogP contribution in [0.2, 0.25) is 0 Å². The zero-order valence-electron chi connectivity index (χ0n) is 11.8. The Morgan fingerprint density at radius 1 is 1.15 bits per heavy atom. The van der Waals surface area contributed by atoms with E-state index in [0.29, 0.717) is 6.07 Å². The second-order valence-corrected chi connectivity index (χ2v) is 5.54. The van der Waals surface area contributed by atoms with Crippen LogP contribution in [0, 0.1) is 11.6 Å². The summed E-state index contributed by atoms with van der Waals surface area (Å²) in [5, 5.41) is 9.31. The molecule has 1 amide bonds. The Morgan fingerprint density at radius 2 is 1.60 bits per heavy atom. The Kier molecular flexibility index (Phi) is 4.47. The van der Waals surface area contributed by atoms with E-state index in [1.54, 1.807) is 20.8 Å². The topological polar surface area (TPSA) is 57.6 Å². The monoisotopic (exact) mass is 285 g/mol. The molecule has 0 spiro atoms. The molecule has 0 saturated carbocycles. The van der Waals surface area contributed by atoms with Gasteiger partial charge in [-0.2, -0.15) is 0 Å². The zero-order valence-corrected chi connectivity index (χ0v) is 11.8. The van der Waals surface area contributed by atoms with Crippen LogP contribution in [-0.4, -0.2) is 27.4 Å². The van der Waals surface area contributed by atoms with Gasteiger partial charge in [0.1, 0.15) is 17.7 Å². The summed E-state index contributed by atoms with van der Waals surface area (Å²) in [6.45, 7) is 6.00. The number of hydrogen-bond donors (Lipinski definition) is 1. The maximum absolute atomic E-state index is 13.3. The summed E-state index contributed by atoms with van der Waals surface area (Å²) in [4.78, 5) is 24.1. The van der Waals surface area contributed by atoms with Crippen molar-refractivity contribution in [3.8, 4) is 0 Å². The molecule has 1 aromatic rings. The van der Waals surface area contributed by atoms with E-state index >= 15 is 0 Å². The number of ketones is 1. The van der Waals surface area contributed by atoms with Crippen LogP contribution in [0.25, 0.3) is 0 Å². The van der Waals surface area contributed by atoms with Crippen molar-refractivity contribution < 1.29 is 23.5 Å². The lowest BCUT2D eigenvalue weighted by molar-refractivity contribution is -0.123. The molecule has 4 nitrogen and oxygen atoms in total. The van der Waals surface area contributed by atoms with E-state index < -0.39 is 35.1 Å². The van der Waals surface area contributed by atoms with Gasteiger partial charge in [-0.15, -0.1) is 0 Å². The predicted molar refractivity (Wildman–Crippen MR) is 69.4 cm³/mol. The number of carbonyl (C=O) groups excluding carboxylic acids is 1. The van der Waals surface area contributed by atoms with Crippen molar-refractivity contribution >= 4 is 11.9 Å². The molecule has 0 radical (unpaired) electrons. The molecule has 0 fully saturated rings. The van der Waals surface area contributed by atoms with Gasteiger partial charge in [-0.3, -0.25) is 9.69 Å². The molecule has 1 aromatic carbocycles. The first-order valence-electron chi connectivity index (χ1n) is 6.02. The molecule has 6 heteroatoms. The number of carbonyl (C=O) groups is 2. The van der Waals surface area contributed by atoms with Crippen molar-refractivity contribution in [2.75, 3.05) is 0 Å². The molecule has 0 aliphatic rings. The highest BCUT2D eigenvalue weighted by atomic mass is 19.1. The Morgan fingerprint density at radius 3 is 1.90 bits per heavy atom. The summed E-state index contributed by atoms with van der Waals surface area (Å²) < 4.78 is 26.6. The van der Waals surface area contributed by atoms with E-state index in [1.165, 1.54) is 6.92 Å². The lowest BCUT2D eigenvalue weighted by Gasteiger charge is -2.38. The van der Waals surface area contributed by atoms with Crippen LogP contribution in [0.4, 0.5) is 13.6 Å². The van der Waals surface area contributed by atoms with E-state index in [1.807, 2.05) is 0 Å². The summed E-state index contributed by atoms with van der Waals surface area (Å²) in [5.41, 5.74) is -0.919. The standard InChI is InChI=1S/C14H17F2NO3/c1-8(18)12(17(13(19)20)14(2,3)4)9-5-10(15)7-11(16)6-9/h5-7,12H,1-4H3,(H,19,20). The highest BCUT2D eigenvalue weighted by Crippen LogP contribution is 2.30. The van der Waals surface area contributed by atoms with Gasteiger partial charge in [-0.05, 0) is 45.4 Å². The number of hydrogen-bond acceptors (Lipinski definition) is 2. The van der Waals surface area contributed by atoms with Crippen LogP contribution in [0.15, 0.2) is 18.2 Å². The number of halogens is 2. The fourth-order valence-corrected chi connectivity index (χ4v) is 2.08. The second-order valence-electron chi connectivity index (χ2n) is 5.54. The smallest absolute Gasteiger partial charge is 0.408 e. The van der Waals surface area contributed by atoms with E-state index in [0.717, 1.165) is 17.0 Å². The first-order chi connectivity index (χ1) is 9.04. The van der Waals surface area contributed by atoms with Gasteiger partial charge >= 0.3 is 6.09 Å². The lowest BCUT2D eigenvalue weighted by atomic mass is 9.96. The van der Waals surface area contributed by atoms with E-state index in [9.17, 15) is 23.5 Å². The third-order valence-electron chi connectivity index (χ3n) is 2.77. The maximum Gasteiger partial charge on any atom is 0.408 e. The summed E-state index contributed by atoms with van der Waals surface area (Å²) in [5.74, 6) is -2.22. The summed E-state index contributed by atoms with van der Waals surface area (Å²) >= 11 is 0. The normalized spacial score (nSPS) is 12.9. The van der Waals surface area contributed by atoms with Gasteiger partial charge in [-0.1, -0.05) is 0 Å². The van der Waals surface area contributed by atoms with Crippen LogP contribution >= 0.6 is 0 Å². The Labute approximate surface area is 116 Å². The molecule has 1 atom stereocenters. The van der Waals surface area contributed by atoms with Crippen molar-refractivity contribution in [3.05, 3.63) is 35.4 Å². The quantitative estimate of drug-likeness (QED) is 0.926. The van der Waals surface area contributed by atoms with Gasteiger partial charge in [0.25, 0.3) is 0 Å². The number of carboxylic acid groups (broad SMARTS) is 1. The Balaban J connectivity index is 3.43. The number of Topliss-reactive ketones (excluding diaryl/α,β-unsaturated/α-hetero) is 1. The molecule has 1 N–H and O–H groups in total. The third kappa shape index (κ3) is 3.53. The average molecular weight is 285 g/mol. The lowest BCUT2D eigenvalue weighted by Crippen LogP contribution is -2.49. The molecule has 20 heavy (non-hydrogen) atoms. The van der Waals surface area contributed by atoms with Crippen LogP contribution in [0.1, 0.15) is 39.3 Å². The van der Waals surface area contributed by atoms with Gasteiger partial charge in [0, 0.05) is 11.6 Å². The molecule has 0 aliphatic carbocycles. The van der Waals surface area contributed by atoms with Gasteiger partial charge < -0.3 is 5.11 Å². The minimum Gasteiger partial charge on any atom is -0.465 e. The summed E-state index contributed by atoms with van der Waals surface area (Å²) in [6.07, 6.45) is -1.33. The van der Waals surface area contributed by atoms with E-state index in [4.69, 9.17) is 0 Å². The molecular formula is C14H17F2NO3. The van der Waals surface area contributed by atoms with Crippen LogP contribution in [0.3, 0.4) is 0 Å². The molecule has 0 heterocycles. The minimum absolute atomic E-state index is 0.0210. The van der Waals surface area contributed by atoms with Crippen LogP contribution in [-0.2, 0) is 4.79 Å². The molecule has 0 aliphatic heterocycles. The molecule has 110 valence electrons. The summed E-state index contributed by atoms with van der Waals surface area (Å²) in [7, 11) is 0. The van der Waals surface area contributed by atoms with Crippen molar-refractivity contribution in [3.63, 3.8) is 0 Å². The van der Waals surface area contributed by atoms with Gasteiger partial charge in [0.05, 0.1) is 0 Å². The third-order valence-corrected chi connectivity index (χ3v) is 2.77. The fraction of sp³-hybridized carbons (Fsp3) is 0.429. The first-order valence-corrected chi connectivity index (χ1v) is 6.02. The minimum atomic E-state index is -1.33. The average Bonchev–Trinajstić information content (AvgIpc) is 2.20. The SMILES string of the molecule is CC(=O)C(c1cc(F)cc(F)c1)N(C(=O)O)C(C)(C)C. The Bertz CT molecular complexity index is 517. The van der Waals surface area contributed by atoms with Gasteiger partial charge in [0.2, 0.25) is 0 Å². The molecule has 1 rings (SSSR count). The number of benzene rings is 1. The highest BCUT2D eigenvalue weighted by Gasteiger charge is 2.37. The Hall–Kier alpha value is -1.98. The van der Waals surface area contributed by atoms with Crippen molar-refractivity contribution in [1.82, 2.24) is 4.90 Å². The molecule has 0 aromatic heterocycles. The number of amides is 1. The maximum atomic E-state index is 13.3. The van der Waals surface area contributed by atoms with Crippen LogP contribution in [0.5, 0.6) is 0 Å². The molecular weight excluding hydrogens is 268 g/mol. The van der Waals surface area contributed by atoms with Gasteiger partial charge in [-0.25, -0.2) is 13.6 Å². The predicted octanol–water partition coefficient (Wildman–Crippen LogP) is 3.37. The van der Waals surface area contributed by atoms with Crippen molar-refractivity contribution in [1.29, 1.82) is 0 Å². The van der Waals surface area contributed by atoms with Gasteiger partial charge in [0.15, 0.2) is 5.78 Å². The van der Waals surface area contributed by atoms with Crippen molar-refractivity contribution in [2.45, 2.75) is 39.3 Å². The molecule has 0 bridgehead atoms. The largest absolute Gasteiger partial charge is 0.465 e. The molecule has 0 saturated heterocycles. The van der Waals surface area contributed by atoms with Crippen LogP contribution < -0.4 is 0 Å². The highest BCUT2D eigenvalue weighted by molar-refractivity contribution is 5.86. The number of nitrogens with zero attached hydrogens (tertiary/aromatic N) is 1. The molecule has 1 unspecified atom stereocenters. The second kappa shape index (κ2) is 5.56. The fourth-order valence-electron chi connectivity index (χ4n) is 2.08.